The molecule has 0 amide bonds. The Kier molecular flexibility index (Phi) is 3.79. The van der Waals surface area contributed by atoms with Crippen LogP contribution in [0.25, 0.3) is 0 Å². The summed E-state index contributed by atoms with van der Waals surface area (Å²) in [5.74, 6) is -0.0561. The molecule has 0 radical (unpaired) electrons. The van der Waals surface area contributed by atoms with E-state index in [4.69, 9.17) is 16.3 Å². The molecular formula is C10H15N3O. The minimum absolute atomic E-state index is 0.0561. The summed E-state index contributed by atoms with van der Waals surface area (Å²) in [6.45, 7) is 2.01. The predicted octanol–water partition coefficient (Wildman–Crippen LogP) is 1.34. The van der Waals surface area contributed by atoms with E-state index in [9.17, 15) is 0 Å². The van der Waals surface area contributed by atoms with E-state index in [0.717, 1.165) is 12.0 Å². The zero-order valence-electron chi connectivity index (χ0n) is 8.18. The Morgan fingerprint density at radius 1 is 1.36 bits per heavy atom. The van der Waals surface area contributed by atoms with Gasteiger partial charge in [0.25, 0.3) is 0 Å². The van der Waals surface area contributed by atoms with Crippen molar-refractivity contribution in [2.75, 3.05) is 0 Å². The number of hydrogen-bond donors (Lipinski definition) is 2. The van der Waals surface area contributed by atoms with E-state index < -0.39 is 0 Å². The zero-order valence-corrected chi connectivity index (χ0v) is 8.18. The first-order chi connectivity index (χ1) is 6.74. The van der Waals surface area contributed by atoms with Crippen LogP contribution in [0.15, 0.2) is 35.5 Å². The van der Waals surface area contributed by atoms with Gasteiger partial charge < -0.3 is 16.3 Å². The van der Waals surface area contributed by atoms with Crippen LogP contribution in [0.1, 0.15) is 25.0 Å². The molecule has 1 aromatic rings. The quantitative estimate of drug-likeness (QED) is 0.430. The molecule has 0 aromatic heterocycles. The molecule has 0 bridgehead atoms. The van der Waals surface area contributed by atoms with E-state index in [1.165, 1.54) is 0 Å². The van der Waals surface area contributed by atoms with E-state index in [0.29, 0.717) is 0 Å². The van der Waals surface area contributed by atoms with Gasteiger partial charge >= 0.3 is 0 Å². The maximum absolute atomic E-state index is 5.18. The molecular weight excluding hydrogens is 178 g/mol. The van der Waals surface area contributed by atoms with Gasteiger partial charge in [-0.2, -0.15) is 0 Å². The van der Waals surface area contributed by atoms with Gasteiger partial charge in [0, 0.05) is 0 Å². The third-order valence-electron chi connectivity index (χ3n) is 1.83. The summed E-state index contributed by atoms with van der Waals surface area (Å²) >= 11 is 0. The Bertz CT molecular complexity index is 293. The second-order valence-corrected chi connectivity index (χ2v) is 2.93. The molecule has 0 aliphatic rings. The van der Waals surface area contributed by atoms with Crippen LogP contribution < -0.4 is 11.5 Å². The Morgan fingerprint density at radius 3 is 2.50 bits per heavy atom. The second-order valence-electron chi connectivity index (χ2n) is 2.93. The topological polar surface area (TPSA) is 73.6 Å². The number of benzene rings is 1. The second kappa shape index (κ2) is 5.11. The van der Waals surface area contributed by atoms with Crippen molar-refractivity contribution >= 4 is 5.96 Å². The molecule has 4 heteroatoms. The average molecular weight is 193 g/mol. The number of hydrogen-bond acceptors (Lipinski definition) is 2. The molecule has 4 N–H and O–H groups in total. The summed E-state index contributed by atoms with van der Waals surface area (Å²) in [5.41, 5.74) is 11.4. The molecule has 0 saturated heterocycles. The summed E-state index contributed by atoms with van der Waals surface area (Å²) < 4.78 is 0. The Morgan fingerprint density at radius 2 is 2.00 bits per heavy atom. The van der Waals surface area contributed by atoms with Gasteiger partial charge in [-0.05, 0) is 17.1 Å². The van der Waals surface area contributed by atoms with Crippen LogP contribution in [0, 0.1) is 0 Å². The number of rotatable bonds is 4. The highest BCUT2D eigenvalue weighted by Crippen LogP contribution is 2.20. The summed E-state index contributed by atoms with van der Waals surface area (Å²) in [7, 11) is 0. The van der Waals surface area contributed by atoms with Crippen molar-refractivity contribution in [2.45, 2.75) is 19.4 Å². The minimum Gasteiger partial charge on any atom is -0.385 e. The predicted molar refractivity (Wildman–Crippen MR) is 56.4 cm³/mol. The summed E-state index contributed by atoms with van der Waals surface area (Å²) in [5, 5.41) is 3.54. The smallest absolute Gasteiger partial charge is 0.228 e. The maximum Gasteiger partial charge on any atom is 0.228 e. The third kappa shape index (κ3) is 2.97. The lowest BCUT2D eigenvalue weighted by Gasteiger charge is -2.12. The number of nitrogens with zero attached hydrogens (tertiary/aromatic N) is 1. The molecule has 0 spiro atoms. The Hall–Kier alpha value is -1.71. The lowest BCUT2D eigenvalue weighted by Crippen LogP contribution is -2.23. The first-order valence-corrected chi connectivity index (χ1v) is 4.53. The lowest BCUT2D eigenvalue weighted by atomic mass is 10.1. The van der Waals surface area contributed by atoms with Gasteiger partial charge in [-0.25, -0.2) is 0 Å². The van der Waals surface area contributed by atoms with E-state index in [2.05, 4.69) is 5.16 Å². The van der Waals surface area contributed by atoms with Crippen LogP contribution in [0.2, 0.25) is 0 Å². The first-order valence-electron chi connectivity index (χ1n) is 4.53. The average Bonchev–Trinajstić information content (AvgIpc) is 2.20. The fraction of sp³-hybridized carbons (Fsp3) is 0.300. The van der Waals surface area contributed by atoms with Crippen LogP contribution in [0.3, 0.4) is 0 Å². The van der Waals surface area contributed by atoms with Crippen LogP contribution in [-0.4, -0.2) is 5.96 Å². The number of nitrogens with two attached hydrogens (primary N) is 2. The fourth-order valence-electron chi connectivity index (χ4n) is 1.16. The van der Waals surface area contributed by atoms with E-state index in [1.807, 2.05) is 37.3 Å². The molecule has 0 heterocycles. The highest BCUT2D eigenvalue weighted by atomic mass is 16.6. The van der Waals surface area contributed by atoms with Crippen molar-refractivity contribution in [3.8, 4) is 0 Å². The van der Waals surface area contributed by atoms with Crippen LogP contribution in [0.5, 0.6) is 0 Å². The van der Waals surface area contributed by atoms with Crippen molar-refractivity contribution in [3.63, 3.8) is 0 Å². The monoisotopic (exact) mass is 193 g/mol. The van der Waals surface area contributed by atoms with Gasteiger partial charge in [-0.3, -0.25) is 0 Å². The largest absolute Gasteiger partial charge is 0.385 e. The van der Waals surface area contributed by atoms with E-state index in [-0.39, 0.29) is 12.1 Å². The fourth-order valence-corrected chi connectivity index (χ4v) is 1.16. The number of guanidine groups is 1. The molecule has 0 fully saturated rings. The van der Waals surface area contributed by atoms with Crippen molar-refractivity contribution in [2.24, 2.45) is 16.6 Å². The highest BCUT2D eigenvalue weighted by molar-refractivity contribution is 5.74. The van der Waals surface area contributed by atoms with Gasteiger partial charge in [-0.1, -0.05) is 37.3 Å². The SMILES string of the molecule is CCC(ON=C(N)N)c1ccccc1. The number of oxime groups is 1. The molecule has 1 atom stereocenters. The molecule has 0 aliphatic carbocycles. The summed E-state index contributed by atoms with van der Waals surface area (Å²) in [6, 6.07) is 9.83. The van der Waals surface area contributed by atoms with Gasteiger partial charge in [0.15, 0.2) is 6.10 Å². The molecule has 0 aliphatic heterocycles. The van der Waals surface area contributed by atoms with Crippen LogP contribution in [-0.2, 0) is 4.84 Å². The molecule has 1 unspecified atom stereocenters. The highest BCUT2D eigenvalue weighted by Gasteiger charge is 2.08. The van der Waals surface area contributed by atoms with Crippen molar-refractivity contribution in [1.29, 1.82) is 0 Å². The molecule has 1 aromatic carbocycles. The van der Waals surface area contributed by atoms with Gasteiger partial charge in [-0.15, -0.1) is 0 Å². The molecule has 14 heavy (non-hydrogen) atoms. The first kappa shape index (κ1) is 10.4. The van der Waals surface area contributed by atoms with Gasteiger partial charge in [0.2, 0.25) is 5.96 Å². The third-order valence-corrected chi connectivity index (χ3v) is 1.83. The Labute approximate surface area is 83.5 Å². The summed E-state index contributed by atoms with van der Waals surface area (Å²) in [4.78, 5) is 5.18. The standard InChI is InChI=1S/C10H15N3O/c1-2-9(14-13-10(11)12)8-6-4-3-5-7-8/h3-7,9H,2H2,1H3,(H4,11,12,13). The van der Waals surface area contributed by atoms with Gasteiger partial charge in [0.1, 0.15) is 0 Å². The molecule has 4 nitrogen and oxygen atoms in total. The maximum atomic E-state index is 5.18. The van der Waals surface area contributed by atoms with Crippen molar-refractivity contribution in [3.05, 3.63) is 35.9 Å². The van der Waals surface area contributed by atoms with Crippen LogP contribution >= 0.6 is 0 Å². The van der Waals surface area contributed by atoms with Gasteiger partial charge in [0.05, 0.1) is 0 Å². The Balaban J connectivity index is 2.68. The van der Waals surface area contributed by atoms with Crippen molar-refractivity contribution < 1.29 is 4.84 Å². The molecule has 1 rings (SSSR count). The van der Waals surface area contributed by atoms with Crippen LogP contribution in [0.4, 0.5) is 0 Å². The zero-order chi connectivity index (χ0) is 10.4. The molecule has 0 saturated carbocycles. The summed E-state index contributed by atoms with van der Waals surface area (Å²) in [6.07, 6.45) is 0.735. The lowest BCUT2D eigenvalue weighted by molar-refractivity contribution is 0.0552. The normalized spacial score (nSPS) is 11.8. The van der Waals surface area contributed by atoms with E-state index >= 15 is 0 Å². The minimum atomic E-state index is -0.0849. The van der Waals surface area contributed by atoms with Crippen molar-refractivity contribution in [1.82, 2.24) is 0 Å². The van der Waals surface area contributed by atoms with E-state index in [1.54, 1.807) is 0 Å². The molecule has 76 valence electrons.